The van der Waals surface area contributed by atoms with Gasteiger partial charge in [-0.15, -0.1) is 0 Å². The normalized spacial score (nSPS) is 32.1. The van der Waals surface area contributed by atoms with Crippen molar-refractivity contribution in [1.29, 1.82) is 0 Å². The number of hydrogen-bond acceptors (Lipinski definition) is 4. The minimum absolute atomic E-state index is 0.0927. The molecule has 0 radical (unpaired) electrons. The van der Waals surface area contributed by atoms with Crippen molar-refractivity contribution in [2.45, 2.75) is 50.5 Å². The molecule has 4 fully saturated rings. The van der Waals surface area contributed by atoms with Crippen LogP contribution in [0.4, 0.5) is 5.69 Å². The summed E-state index contributed by atoms with van der Waals surface area (Å²) in [6, 6.07) is 10.1. The third-order valence-corrected chi connectivity index (χ3v) is 8.21. The fourth-order valence-corrected chi connectivity index (χ4v) is 6.97. The molecule has 164 valence electrons. The minimum atomic E-state index is -0.812. The fraction of sp³-hybridized carbons (Fsp3) is 0.542. The van der Waals surface area contributed by atoms with E-state index in [2.05, 4.69) is 29.5 Å². The van der Waals surface area contributed by atoms with Crippen molar-refractivity contribution in [2.75, 3.05) is 11.9 Å². The molecule has 0 aliphatic heterocycles. The molecule has 6 nitrogen and oxygen atoms in total. The van der Waals surface area contributed by atoms with E-state index in [-0.39, 0.29) is 22.4 Å². The SMILES string of the molecule is C[C@@H](CNc1cnn(C23C[C@@H]4CC(C[C@H](C4)C2)[C@@H]3C(=O)O)c(=O)c1Cl)c1ccccc1. The zero-order chi connectivity index (χ0) is 21.8. The Labute approximate surface area is 186 Å². The zero-order valence-electron chi connectivity index (χ0n) is 17.6. The molecule has 6 rings (SSSR count). The van der Waals surface area contributed by atoms with Gasteiger partial charge < -0.3 is 10.4 Å². The van der Waals surface area contributed by atoms with Crippen LogP contribution in [-0.2, 0) is 10.3 Å². The number of aliphatic carboxylic acids is 1. The van der Waals surface area contributed by atoms with Crippen LogP contribution in [0.3, 0.4) is 0 Å². The van der Waals surface area contributed by atoms with E-state index in [1.807, 2.05) is 18.2 Å². The number of carboxylic acid groups (broad SMARTS) is 1. The molecule has 7 heteroatoms. The van der Waals surface area contributed by atoms with Crippen LogP contribution in [-0.4, -0.2) is 27.4 Å². The first-order chi connectivity index (χ1) is 14.9. The average molecular weight is 442 g/mol. The summed E-state index contributed by atoms with van der Waals surface area (Å²) in [7, 11) is 0. The Hall–Kier alpha value is -2.34. The zero-order valence-corrected chi connectivity index (χ0v) is 18.4. The number of anilines is 1. The fourth-order valence-electron chi connectivity index (χ4n) is 6.77. The summed E-state index contributed by atoms with van der Waals surface area (Å²) in [5.74, 6) is -0.0684. The van der Waals surface area contributed by atoms with Gasteiger partial charge in [0.2, 0.25) is 0 Å². The van der Waals surface area contributed by atoms with Gasteiger partial charge in [0.1, 0.15) is 5.02 Å². The van der Waals surface area contributed by atoms with Gasteiger partial charge in [-0.3, -0.25) is 9.59 Å². The summed E-state index contributed by atoms with van der Waals surface area (Å²) in [6.07, 6.45) is 6.06. The molecule has 0 amide bonds. The average Bonchev–Trinajstić information content (AvgIpc) is 2.74. The van der Waals surface area contributed by atoms with E-state index in [9.17, 15) is 14.7 Å². The van der Waals surface area contributed by atoms with Gasteiger partial charge in [-0.05, 0) is 61.3 Å². The van der Waals surface area contributed by atoms with E-state index >= 15 is 0 Å². The van der Waals surface area contributed by atoms with E-state index in [1.165, 1.54) is 10.2 Å². The Kier molecular flexibility index (Phi) is 5.08. The lowest BCUT2D eigenvalue weighted by molar-refractivity contribution is -0.168. The highest BCUT2D eigenvalue weighted by Crippen LogP contribution is 2.61. The van der Waals surface area contributed by atoms with Gasteiger partial charge in [0.25, 0.3) is 5.56 Å². The Morgan fingerprint density at radius 2 is 1.94 bits per heavy atom. The summed E-state index contributed by atoms with van der Waals surface area (Å²) in [4.78, 5) is 25.6. The smallest absolute Gasteiger partial charge is 0.309 e. The Morgan fingerprint density at radius 3 is 2.58 bits per heavy atom. The van der Waals surface area contributed by atoms with Gasteiger partial charge in [0.15, 0.2) is 0 Å². The van der Waals surface area contributed by atoms with Crippen LogP contribution >= 0.6 is 11.6 Å². The number of nitrogens with one attached hydrogen (secondary N) is 1. The number of aromatic nitrogens is 2. The lowest BCUT2D eigenvalue weighted by Crippen LogP contribution is -2.63. The largest absolute Gasteiger partial charge is 0.481 e. The standard InChI is InChI=1S/C24H28ClN3O3/c1-14(17-5-3-2-4-6-17)12-26-19-13-27-28(22(29)21(19)25)24-10-15-7-16(11-24)9-18(8-15)20(24)23(30)31/h2-6,13-16,18,20,26H,7-12H2,1H3,(H,30,31)/t14-,15-,16-,18?,20+,24?/m0/s1. The third-order valence-electron chi connectivity index (χ3n) is 7.85. The summed E-state index contributed by atoms with van der Waals surface area (Å²) in [6.45, 7) is 2.72. The van der Waals surface area contributed by atoms with Crippen molar-refractivity contribution in [3.63, 3.8) is 0 Å². The molecule has 2 N–H and O–H groups in total. The van der Waals surface area contributed by atoms with Gasteiger partial charge in [-0.1, -0.05) is 48.9 Å². The van der Waals surface area contributed by atoms with Crippen LogP contribution in [0.15, 0.2) is 41.3 Å². The molecule has 4 bridgehead atoms. The van der Waals surface area contributed by atoms with Crippen LogP contribution in [0.25, 0.3) is 0 Å². The second-order valence-electron chi connectivity index (χ2n) is 9.81. The van der Waals surface area contributed by atoms with E-state index < -0.39 is 17.4 Å². The predicted octanol–water partition coefficient (Wildman–Crippen LogP) is 4.35. The molecular weight excluding hydrogens is 414 g/mol. The number of nitrogens with zero attached hydrogens (tertiary/aromatic N) is 2. The number of halogens is 1. The van der Waals surface area contributed by atoms with Crippen molar-refractivity contribution in [1.82, 2.24) is 9.78 Å². The highest BCUT2D eigenvalue weighted by atomic mass is 35.5. The second kappa shape index (κ2) is 7.66. The Morgan fingerprint density at radius 1 is 1.26 bits per heavy atom. The van der Waals surface area contributed by atoms with Gasteiger partial charge in [-0.25, -0.2) is 4.68 Å². The van der Waals surface area contributed by atoms with E-state index in [0.717, 1.165) is 19.3 Å². The summed E-state index contributed by atoms with van der Waals surface area (Å²) in [5.41, 5.74) is 0.566. The topological polar surface area (TPSA) is 84.2 Å². The van der Waals surface area contributed by atoms with Gasteiger partial charge in [0.05, 0.1) is 23.3 Å². The minimum Gasteiger partial charge on any atom is -0.481 e. The maximum atomic E-state index is 13.3. The van der Waals surface area contributed by atoms with E-state index in [4.69, 9.17) is 11.6 Å². The Balaban J connectivity index is 1.44. The van der Waals surface area contributed by atoms with Gasteiger partial charge in [-0.2, -0.15) is 5.10 Å². The molecule has 0 saturated heterocycles. The molecule has 1 aromatic carbocycles. The molecule has 0 spiro atoms. The molecular formula is C24H28ClN3O3. The maximum absolute atomic E-state index is 13.3. The van der Waals surface area contributed by atoms with E-state index in [0.29, 0.717) is 36.9 Å². The number of benzene rings is 1. The molecule has 4 saturated carbocycles. The lowest BCUT2D eigenvalue weighted by atomic mass is 9.48. The van der Waals surface area contributed by atoms with Crippen molar-refractivity contribution >= 4 is 23.3 Å². The van der Waals surface area contributed by atoms with E-state index in [1.54, 1.807) is 6.20 Å². The highest BCUT2D eigenvalue weighted by molar-refractivity contribution is 6.32. The van der Waals surface area contributed by atoms with Crippen molar-refractivity contribution in [3.05, 3.63) is 57.5 Å². The molecule has 1 heterocycles. The second-order valence-corrected chi connectivity index (χ2v) is 10.2. The first-order valence-electron chi connectivity index (χ1n) is 11.2. The molecule has 31 heavy (non-hydrogen) atoms. The molecule has 4 aliphatic carbocycles. The molecule has 0 unspecified atom stereocenters. The maximum Gasteiger partial charge on any atom is 0.309 e. The number of carbonyl (C=O) groups is 1. The number of rotatable bonds is 6. The number of hydrogen-bond donors (Lipinski definition) is 2. The molecule has 4 atom stereocenters. The monoisotopic (exact) mass is 441 g/mol. The molecule has 2 aromatic rings. The third kappa shape index (κ3) is 3.36. The Bertz CT molecular complexity index is 1040. The first-order valence-corrected chi connectivity index (χ1v) is 11.6. The number of carboxylic acids is 1. The quantitative estimate of drug-likeness (QED) is 0.696. The van der Waals surface area contributed by atoms with Crippen molar-refractivity contribution < 1.29 is 9.90 Å². The van der Waals surface area contributed by atoms with Gasteiger partial charge in [0, 0.05) is 6.54 Å². The van der Waals surface area contributed by atoms with Crippen LogP contribution in [0.5, 0.6) is 0 Å². The predicted molar refractivity (Wildman–Crippen MR) is 120 cm³/mol. The van der Waals surface area contributed by atoms with Crippen LogP contribution < -0.4 is 10.9 Å². The van der Waals surface area contributed by atoms with Gasteiger partial charge >= 0.3 is 5.97 Å². The van der Waals surface area contributed by atoms with Crippen molar-refractivity contribution in [3.8, 4) is 0 Å². The van der Waals surface area contributed by atoms with Crippen LogP contribution in [0, 0.1) is 23.7 Å². The summed E-state index contributed by atoms with van der Waals surface area (Å²) < 4.78 is 1.43. The highest BCUT2D eigenvalue weighted by Gasteiger charge is 2.61. The van der Waals surface area contributed by atoms with Crippen LogP contribution in [0.2, 0.25) is 5.02 Å². The van der Waals surface area contributed by atoms with Crippen LogP contribution in [0.1, 0.15) is 50.5 Å². The molecule has 1 aromatic heterocycles. The summed E-state index contributed by atoms with van der Waals surface area (Å²) in [5, 5.41) is 17.9. The van der Waals surface area contributed by atoms with Crippen molar-refractivity contribution in [2.24, 2.45) is 23.7 Å². The summed E-state index contributed by atoms with van der Waals surface area (Å²) >= 11 is 6.51. The molecule has 4 aliphatic rings. The lowest BCUT2D eigenvalue weighted by Gasteiger charge is -2.59. The first kappa shape index (κ1) is 20.6.